The molecule has 0 fully saturated rings. The van der Waals surface area contributed by atoms with Gasteiger partial charge >= 0.3 is 0 Å². The van der Waals surface area contributed by atoms with Crippen molar-refractivity contribution in [3.63, 3.8) is 0 Å². The van der Waals surface area contributed by atoms with Gasteiger partial charge in [0.15, 0.2) is 0 Å². The number of ether oxygens (including phenoxy) is 1. The highest BCUT2D eigenvalue weighted by atomic mass is 32.2. The molecule has 0 spiro atoms. The van der Waals surface area contributed by atoms with E-state index in [9.17, 15) is 13.2 Å². The molecule has 0 aliphatic heterocycles. The van der Waals surface area contributed by atoms with E-state index in [1.807, 2.05) is 35.8 Å². The predicted octanol–water partition coefficient (Wildman–Crippen LogP) is 3.87. The zero-order valence-corrected chi connectivity index (χ0v) is 18.6. The largest absolute Gasteiger partial charge is 0.382 e. The van der Waals surface area contributed by atoms with Gasteiger partial charge in [0, 0.05) is 31.0 Å². The number of fused-ring (bicyclic) bond motifs is 1. The number of nitrogens with one attached hydrogen (secondary N) is 2. The Hall–Kier alpha value is -2.91. The summed E-state index contributed by atoms with van der Waals surface area (Å²) >= 11 is 0. The first-order chi connectivity index (χ1) is 14.9. The molecule has 1 aromatic heterocycles. The van der Waals surface area contributed by atoms with Gasteiger partial charge in [0.1, 0.15) is 0 Å². The van der Waals surface area contributed by atoms with Gasteiger partial charge in [-0.3, -0.25) is 14.8 Å². The Morgan fingerprint density at radius 2 is 1.94 bits per heavy atom. The van der Waals surface area contributed by atoms with E-state index in [2.05, 4.69) is 15.0 Å². The Morgan fingerprint density at radius 1 is 1.13 bits per heavy atom. The summed E-state index contributed by atoms with van der Waals surface area (Å²) in [6.07, 6.45) is 1.29. The predicted molar refractivity (Wildman–Crippen MR) is 123 cm³/mol. The third-order valence-corrected chi connectivity index (χ3v) is 6.12. The lowest BCUT2D eigenvalue weighted by atomic mass is 10.2. The van der Waals surface area contributed by atoms with Crippen LogP contribution in [0.4, 0.5) is 11.6 Å². The highest BCUT2D eigenvalue weighted by Gasteiger charge is 2.15. The van der Waals surface area contributed by atoms with Gasteiger partial charge in [-0.25, -0.2) is 13.4 Å². The van der Waals surface area contributed by atoms with Crippen LogP contribution in [0, 0.1) is 0 Å². The number of carbonyl (C=O) groups excluding carboxylic acids is 1. The highest BCUT2D eigenvalue weighted by Crippen LogP contribution is 2.21. The zero-order chi connectivity index (χ0) is 22.3. The van der Waals surface area contributed by atoms with Crippen molar-refractivity contribution in [3.8, 4) is 0 Å². The molecule has 9 heteroatoms. The minimum Gasteiger partial charge on any atom is -0.382 e. The van der Waals surface area contributed by atoms with Crippen LogP contribution >= 0.6 is 0 Å². The van der Waals surface area contributed by atoms with Gasteiger partial charge in [-0.1, -0.05) is 25.1 Å². The molecule has 0 bridgehead atoms. The Morgan fingerprint density at radius 3 is 2.71 bits per heavy atom. The molecule has 3 rings (SSSR count). The molecule has 0 aliphatic rings. The Kier molecular flexibility index (Phi) is 7.64. The molecule has 0 unspecified atom stereocenters. The lowest BCUT2D eigenvalue weighted by molar-refractivity contribution is 0.102. The number of benzene rings is 2. The Balaban J connectivity index is 1.81. The monoisotopic (exact) mass is 444 g/mol. The minimum absolute atomic E-state index is 0.0230. The molecule has 166 valence electrons. The second kappa shape index (κ2) is 10.4. The van der Waals surface area contributed by atoms with Gasteiger partial charge in [-0.15, -0.1) is 0 Å². The molecule has 1 amide bonds. The standard InChI is InChI=1S/C22H28N4O4S/c1-3-15-31(28,29)25-18-10-7-9-17(16-18)21(27)24-22-23-19-11-5-6-12-20(19)26(22)13-8-14-30-4-2/h5-7,9-12,16,25H,3-4,8,13-15H2,1-2H3,(H,23,24,27). The van der Waals surface area contributed by atoms with Gasteiger partial charge in [-0.05, 0) is 50.1 Å². The molecule has 8 nitrogen and oxygen atoms in total. The average molecular weight is 445 g/mol. The Labute approximate surface area is 182 Å². The lowest BCUT2D eigenvalue weighted by Gasteiger charge is -2.11. The van der Waals surface area contributed by atoms with E-state index in [1.165, 1.54) is 6.07 Å². The van der Waals surface area contributed by atoms with Crippen LogP contribution in [0.2, 0.25) is 0 Å². The summed E-state index contributed by atoms with van der Waals surface area (Å²) in [6.45, 7) is 5.67. The number of carbonyl (C=O) groups is 1. The zero-order valence-electron chi connectivity index (χ0n) is 17.8. The first-order valence-electron chi connectivity index (χ1n) is 10.4. The van der Waals surface area contributed by atoms with Crippen molar-refractivity contribution in [2.45, 2.75) is 33.2 Å². The number of aromatic nitrogens is 2. The summed E-state index contributed by atoms with van der Waals surface area (Å²) in [5, 5.41) is 2.87. The van der Waals surface area contributed by atoms with E-state index in [4.69, 9.17) is 4.74 Å². The maximum atomic E-state index is 12.9. The molecular weight excluding hydrogens is 416 g/mol. The fourth-order valence-corrected chi connectivity index (χ4v) is 4.39. The van der Waals surface area contributed by atoms with Crippen LogP contribution in [0.5, 0.6) is 0 Å². The summed E-state index contributed by atoms with van der Waals surface area (Å²) in [7, 11) is -3.44. The smallest absolute Gasteiger partial charge is 0.258 e. The van der Waals surface area contributed by atoms with Crippen LogP contribution in [0.15, 0.2) is 48.5 Å². The van der Waals surface area contributed by atoms with Crippen LogP contribution in [-0.2, 0) is 21.3 Å². The molecular formula is C22H28N4O4S. The molecule has 0 saturated heterocycles. The van der Waals surface area contributed by atoms with Crippen LogP contribution in [0.3, 0.4) is 0 Å². The summed E-state index contributed by atoms with van der Waals surface area (Å²) < 4.78 is 34.0. The van der Waals surface area contributed by atoms with Crippen molar-refractivity contribution in [1.82, 2.24) is 9.55 Å². The average Bonchev–Trinajstić information content (AvgIpc) is 3.08. The van der Waals surface area contributed by atoms with Crippen molar-refractivity contribution >= 4 is 38.6 Å². The second-order valence-corrected chi connectivity index (χ2v) is 8.92. The second-order valence-electron chi connectivity index (χ2n) is 7.08. The SMILES string of the molecule is CCCS(=O)(=O)Nc1cccc(C(=O)Nc2nc3ccccc3n2CCCOCC)c1. The molecule has 2 N–H and O–H groups in total. The molecule has 0 radical (unpaired) electrons. The number of nitrogens with zero attached hydrogens (tertiary/aromatic N) is 2. The van der Waals surface area contributed by atoms with Gasteiger partial charge in [-0.2, -0.15) is 0 Å². The van der Waals surface area contributed by atoms with Gasteiger partial charge in [0.2, 0.25) is 16.0 Å². The van der Waals surface area contributed by atoms with Crippen molar-refractivity contribution in [2.24, 2.45) is 0 Å². The highest BCUT2D eigenvalue weighted by molar-refractivity contribution is 7.92. The van der Waals surface area contributed by atoms with Crippen molar-refractivity contribution < 1.29 is 17.9 Å². The summed E-state index contributed by atoms with van der Waals surface area (Å²) in [5.74, 6) is 0.104. The number of aryl methyl sites for hydroxylation is 1. The molecule has 0 atom stereocenters. The van der Waals surface area contributed by atoms with Crippen LogP contribution in [0.1, 0.15) is 37.0 Å². The fraction of sp³-hybridized carbons (Fsp3) is 0.364. The van der Waals surface area contributed by atoms with Crippen molar-refractivity contribution in [1.29, 1.82) is 0 Å². The van der Waals surface area contributed by atoms with E-state index in [-0.39, 0.29) is 11.7 Å². The van der Waals surface area contributed by atoms with Crippen LogP contribution < -0.4 is 10.0 Å². The first-order valence-corrected chi connectivity index (χ1v) is 12.0. The molecule has 31 heavy (non-hydrogen) atoms. The third-order valence-electron chi connectivity index (χ3n) is 4.63. The summed E-state index contributed by atoms with van der Waals surface area (Å²) in [6, 6.07) is 14.1. The molecule has 2 aromatic carbocycles. The Bertz CT molecular complexity index is 1140. The van der Waals surface area contributed by atoms with E-state index in [0.29, 0.717) is 43.4 Å². The van der Waals surface area contributed by atoms with Crippen LogP contribution in [-0.4, -0.2) is 42.8 Å². The number of sulfonamides is 1. The quantitative estimate of drug-likeness (QED) is 0.437. The van der Waals surface area contributed by atoms with E-state index >= 15 is 0 Å². The van der Waals surface area contributed by atoms with E-state index < -0.39 is 10.0 Å². The number of imidazole rings is 1. The lowest BCUT2D eigenvalue weighted by Crippen LogP contribution is -2.18. The first kappa shape index (κ1) is 22.8. The molecule has 1 heterocycles. The van der Waals surface area contributed by atoms with Gasteiger partial charge < -0.3 is 9.30 Å². The maximum Gasteiger partial charge on any atom is 0.258 e. The number of anilines is 2. The van der Waals surface area contributed by atoms with Crippen molar-refractivity contribution in [3.05, 3.63) is 54.1 Å². The maximum absolute atomic E-state index is 12.9. The number of rotatable bonds is 11. The van der Waals surface area contributed by atoms with E-state index in [1.54, 1.807) is 25.1 Å². The molecule has 0 aliphatic carbocycles. The normalized spacial score (nSPS) is 11.5. The number of para-hydroxylation sites is 2. The topological polar surface area (TPSA) is 102 Å². The molecule has 0 saturated carbocycles. The van der Waals surface area contributed by atoms with Gasteiger partial charge in [0.05, 0.1) is 16.8 Å². The number of hydrogen-bond acceptors (Lipinski definition) is 5. The van der Waals surface area contributed by atoms with Crippen LogP contribution in [0.25, 0.3) is 11.0 Å². The summed E-state index contributed by atoms with van der Waals surface area (Å²) in [4.78, 5) is 17.5. The fourth-order valence-electron chi connectivity index (χ4n) is 3.26. The van der Waals surface area contributed by atoms with Gasteiger partial charge in [0.25, 0.3) is 5.91 Å². The number of hydrogen-bond donors (Lipinski definition) is 2. The summed E-state index contributed by atoms with van der Waals surface area (Å²) in [5.41, 5.74) is 2.40. The van der Waals surface area contributed by atoms with Crippen molar-refractivity contribution in [2.75, 3.05) is 29.0 Å². The molecule has 3 aromatic rings. The minimum atomic E-state index is -3.44. The third kappa shape index (κ3) is 6.05. The number of amides is 1. The van der Waals surface area contributed by atoms with E-state index in [0.717, 1.165) is 17.5 Å².